The number of rotatable bonds is 0. The Hall–Kier alpha value is 0.0925. The van der Waals surface area contributed by atoms with Crippen molar-refractivity contribution in [3.63, 3.8) is 0 Å². The predicted octanol–water partition coefficient (Wildman–Crippen LogP) is 1.69. The molecule has 0 N–H and O–H groups in total. The first-order valence-electron chi connectivity index (χ1n) is 3.30. The van der Waals surface area contributed by atoms with Gasteiger partial charge in [-0.15, -0.1) is 5.92 Å². The lowest BCUT2D eigenvalue weighted by Gasteiger charge is -1.76. The zero-order chi connectivity index (χ0) is 5.98. The normalized spacial score (nSPS) is 16.8. The number of hydrogen-bond acceptors (Lipinski definition) is 0. The van der Waals surface area contributed by atoms with Crippen LogP contribution in [0.5, 0.6) is 0 Å². The van der Waals surface area contributed by atoms with Crippen molar-refractivity contribution in [1.82, 2.24) is 0 Å². The van der Waals surface area contributed by atoms with Crippen LogP contribution in [0, 0.1) is 16.6 Å². The Bertz CT molecular complexity index is 117. The Morgan fingerprint density at radius 3 is 2.38 bits per heavy atom. The Morgan fingerprint density at radius 1 is 1.38 bits per heavy atom. The van der Waals surface area contributed by atoms with Gasteiger partial charge in [0.1, 0.15) is 0 Å². The zero-order valence-electron chi connectivity index (χ0n) is 5.57. The molecular weight excluding hydrogens is 111 g/mol. The van der Waals surface area contributed by atoms with Gasteiger partial charge in [0.2, 0.25) is 0 Å². The highest BCUT2D eigenvalue weighted by Gasteiger charge is 2.17. The van der Waals surface area contributed by atoms with Gasteiger partial charge in [-0.05, 0) is 12.8 Å². The molecule has 8 heavy (non-hydrogen) atoms. The van der Waals surface area contributed by atoms with Gasteiger partial charge in [0.05, 0.1) is 0 Å². The van der Waals surface area contributed by atoms with Gasteiger partial charge in [0, 0.05) is 5.92 Å². The van der Waals surface area contributed by atoms with Crippen LogP contribution < -0.4 is 0 Å². The molecule has 0 bridgehead atoms. The summed E-state index contributed by atoms with van der Waals surface area (Å²) in [5.41, 5.74) is 0. The lowest BCUT2D eigenvalue weighted by atomic mass is 10.5. The lowest BCUT2D eigenvalue weighted by molar-refractivity contribution is 1.18. The maximum absolute atomic E-state index is 3.30. The first-order valence-corrected chi connectivity index (χ1v) is 6.19. The molecule has 1 rings (SSSR count). The average Bonchev–Trinajstić information content (AvgIpc) is 2.41. The summed E-state index contributed by atoms with van der Waals surface area (Å²) in [5, 5.41) is 0. The fraction of sp³-hybridized carbons (Fsp3) is 0.714. The third-order valence-electron chi connectivity index (χ3n) is 1.15. The van der Waals surface area contributed by atoms with Crippen LogP contribution in [0.4, 0.5) is 0 Å². The largest absolute Gasteiger partial charge is 0.369 e. The molecule has 0 saturated heterocycles. The SMILES string of the molecule is [CH3][Al]([CH3])[C]#CC1CC1. The van der Waals surface area contributed by atoms with E-state index < -0.39 is 14.1 Å². The Kier molecular flexibility index (Phi) is 2.01. The van der Waals surface area contributed by atoms with E-state index in [1.54, 1.807) is 0 Å². The molecule has 0 aliphatic heterocycles. The highest BCUT2D eigenvalue weighted by atomic mass is 27.2. The van der Waals surface area contributed by atoms with E-state index in [-0.39, 0.29) is 0 Å². The highest BCUT2D eigenvalue weighted by Crippen LogP contribution is 2.27. The molecule has 0 aromatic rings. The van der Waals surface area contributed by atoms with E-state index in [9.17, 15) is 0 Å². The summed E-state index contributed by atoms with van der Waals surface area (Å²) in [4.78, 5) is 3.30. The molecule has 0 spiro atoms. The maximum Gasteiger partial charge on any atom is 0.369 e. The minimum absolute atomic E-state index is 0.548. The second kappa shape index (κ2) is 2.58. The second-order valence-electron chi connectivity index (χ2n) is 2.72. The summed E-state index contributed by atoms with van der Waals surface area (Å²) >= 11 is -0.548. The smallest absolute Gasteiger partial charge is 0.205 e. The average molecular weight is 122 g/mol. The van der Waals surface area contributed by atoms with Crippen molar-refractivity contribution in [2.45, 2.75) is 24.4 Å². The van der Waals surface area contributed by atoms with Crippen LogP contribution >= 0.6 is 0 Å². The molecule has 0 nitrogen and oxygen atoms in total. The van der Waals surface area contributed by atoms with Crippen molar-refractivity contribution in [2.24, 2.45) is 5.92 Å². The van der Waals surface area contributed by atoms with Gasteiger partial charge in [-0.2, -0.15) is 0 Å². The predicted molar refractivity (Wildman–Crippen MR) is 38.0 cm³/mol. The van der Waals surface area contributed by atoms with Crippen LogP contribution in [0.15, 0.2) is 0 Å². The van der Waals surface area contributed by atoms with Crippen molar-refractivity contribution in [3.8, 4) is 10.7 Å². The summed E-state index contributed by atoms with van der Waals surface area (Å²) < 4.78 is 0. The molecule has 0 aromatic heterocycles. The van der Waals surface area contributed by atoms with Crippen molar-refractivity contribution in [1.29, 1.82) is 0 Å². The first kappa shape index (κ1) is 6.22. The van der Waals surface area contributed by atoms with E-state index in [2.05, 4.69) is 22.3 Å². The fourth-order valence-corrected chi connectivity index (χ4v) is 1.08. The molecule has 0 unspecified atom stereocenters. The standard InChI is InChI=1S/C5H5.2CH3.Al/c1-2-5-3-4-5;;;/h5H,3-4H2;2*1H3;. The monoisotopic (exact) mass is 122 g/mol. The Morgan fingerprint density at radius 2 is 2.00 bits per heavy atom. The van der Waals surface area contributed by atoms with Gasteiger partial charge in [0.25, 0.3) is 0 Å². The van der Waals surface area contributed by atoms with Crippen molar-refractivity contribution in [2.75, 3.05) is 0 Å². The van der Waals surface area contributed by atoms with Gasteiger partial charge in [-0.25, -0.2) is 4.78 Å². The van der Waals surface area contributed by atoms with Gasteiger partial charge >= 0.3 is 14.1 Å². The van der Waals surface area contributed by atoms with Gasteiger partial charge in [-0.1, -0.05) is 11.6 Å². The van der Waals surface area contributed by atoms with Crippen LogP contribution in [0.25, 0.3) is 0 Å². The third-order valence-corrected chi connectivity index (χ3v) is 1.90. The molecule has 1 aliphatic rings. The maximum atomic E-state index is 3.30. The van der Waals surface area contributed by atoms with Crippen LogP contribution in [0.1, 0.15) is 12.8 Å². The van der Waals surface area contributed by atoms with E-state index in [0.29, 0.717) is 0 Å². The topological polar surface area (TPSA) is 0 Å². The zero-order valence-corrected chi connectivity index (χ0v) is 6.72. The van der Waals surface area contributed by atoms with Crippen LogP contribution in [-0.4, -0.2) is 14.1 Å². The lowest BCUT2D eigenvalue weighted by Crippen LogP contribution is -1.93. The third kappa shape index (κ3) is 2.41. The minimum Gasteiger partial charge on any atom is -0.205 e. The Balaban J connectivity index is 2.23. The summed E-state index contributed by atoms with van der Waals surface area (Å²) in [7, 11) is 0. The molecule has 0 atom stereocenters. The van der Waals surface area contributed by atoms with Crippen molar-refractivity contribution >= 4 is 14.1 Å². The van der Waals surface area contributed by atoms with Crippen molar-refractivity contribution < 1.29 is 0 Å². The molecule has 1 heteroatoms. The van der Waals surface area contributed by atoms with Gasteiger partial charge in [-0.3, -0.25) is 0 Å². The first-order chi connectivity index (χ1) is 3.79. The summed E-state index contributed by atoms with van der Waals surface area (Å²) in [6.45, 7) is 0. The fourth-order valence-electron chi connectivity index (χ4n) is 0.512. The number of hydrogen-bond donors (Lipinski definition) is 0. The van der Waals surface area contributed by atoms with E-state index in [0.717, 1.165) is 5.92 Å². The summed E-state index contributed by atoms with van der Waals surface area (Å²) in [6, 6.07) is 0. The molecule has 1 aliphatic carbocycles. The van der Waals surface area contributed by atoms with Gasteiger partial charge in [0.15, 0.2) is 0 Å². The van der Waals surface area contributed by atoms with E-state index in [4.69, 9.17) is 0 Å². The quantitative estimate of drug-likeness (QED) is 0.339. The van der Waals surface area contributed by atoms with Gasteiger partial charge < -0.3 is 0 Å². The van der Waals surface area contributed by atoms with E-state index in [1.807, 2.05) is 0 Å². The summed E-state index contributed by atoms with van der Waals surface area (Å²) in [6.07, 6.45) is 2.74. The molecule has 1 saturated carbocycles. The molecule has 0 amide bonds. The minimum atomic E-state index is -0.548. The van der Waals surface area contributed by atoms with Crippen LogP contribution in [-0.2, 0) is 0 Å². The molecule has 42 valence electrons. The summed E-state index contributed by atoms with van der Waals surface area (Å²) in [5.74, 6) is 8.62. The van der Waals surface area contributed by atoms with E-state index >= 15 is 0 Å². The van der Waals surface area contributed by atoms with Crippen LogP contribution in [0.2, 0.25) is 11.6 Å². The molecule has 0 radical (unpaired) electrons. The Labute approximate surface area is 55.7 Å². The second-order valence-corrected chi connectivity index (χ2v) is 5.32. The molecule has 0 aromatic carbocycles. The molecule has 0 heterocycles. The van der Waals surface area contributed by atoms with E-state index in [1.165, 1.54) is 12.8 Å². The molecule has 1 fully saturated rings. The molecular formula is C7H11Al. The van der Waals surface area contributed by atoms with Crippen LogP contribution in [0.3, 0.4) is 0 Å². The van der Waals surface area contributed by atoms with Crippen molar-refractivity contribution in [3.05, 3.63) is 0 Å². The highest BCUT2D eigenvalue weighted by molar-refractivity contribution is 6.64.